The minimum atomic E-state index is -3.59. The van der Waals surface area contributed by atoms with E-state index < -0.39 is 10.0 Å². The summed E-state index contributed by atoms with van der Waals surface area (Å²) in [5.41, 5.74) is 1.06. The summed E-state index contributed by atoms with van der Waals surface area (Å²) in [5, 5.41) is 0.687. The molecule has 0 radical (unpaired) electrons. The Hall–Kier alpha value is -0.700. The molecule has 0 amide bonds. The Morgan fingerprint density at radius 1 is 1.08 bits per heavy atom. The lowest BCUT2D eigenvalue weighted by Crippen LogP contribution is -2.48. The van der Waals surface area contributed by atoms with Gasteiger partial charge in [-0.3, -0.25) is 4.90 Å². The SMILES string of the molecule is O=S(=O)(c1ccc(Br)cc1Cl)N1CCN(Cc2ccnc(Cl)c2)CC1. The van der Waals surface area contributed by atoms with Gasteiger partial charge in [-0.1, -0.05) is 39.1 Å². The summed E-state index contributed by atoms with van der Waals surface area (Å²) in [6, 6.07) is 8.55. The van der Waals surface area contributed by atoms with E-state index >= 15 is 0 Å². The Bertz CT molecular complexity index is 871. The normalized spacial score (nSPS) is 16.9. The molecule has 9 heteroatoms. The molecule has 1 aromatic carbocycles. The standard InChI is InChI=1S/C16H16BrCl2N3O2S/c17-13-1-2-15(14(18)10-13)25(23,24)22-7-5-21(6-8-22)11-12-3-4-20-16(19)9-12/h1-4,9-10H,5-8,11H2. The number of rotatable bonds is 4. The predicted molar refractivity (Wildman–Crippen MR) is 102 cm³/mol. The molecule has 1 aliphatic rings. The van der Waals surface area contributed by atoms with Crippen molar-refractivity contribution < 1.29 is 8.42 Å². The van der Waals surface area contributed by atoms with Crippen molar-refractivity contribution in [2.75, 3.05) is 26.2 Å². The molecule has 1 saturated heterocycles. The lowest BCUT2D eigenvalue weighted by atomic mass is 10.2. The van der Waals surface area contributed by atoms with E-state index in [-0.39, 0.29) is 9.92 Å². The van der Waals surface area contributed by atoms with Gasteiger partial charge in [0.15, 0.2) is 0 Å². The van der Waals surface area contributed by atoms with E-state index in [1.54, 1.807) is 18.3 Å². The third-order valence-corrected chi connectivity index (χ3v) is 7.12. The Balaban J connectivity index is 1.67. The van der Waals surface area contributed by atoms with Crippen LogP contribution in [0.25, 0.3) is 0 Å². The van der Waals surface area contributed by atoms with Crippen LogP contribution in [0.4, 0.5) is 0 Å². The first kappa shape index (κ1) is 19.1. The zero-order valence-electron chi connectivity index (χ0n) is 13.2. The molecule has 0 saturated carbocycles. The molecular formula is C16H16BrCl2N3O2S. The molecule has 3 rings (SSSR count). The number of pyridine rings is 1. The van der Waals surface area contributed by atoms with E-state index in [1.165, 1.54) is 10.4 Å². The first-order valence-electron chi connectivity index (χ1n) is 7.64. The zero-order valence-corrected chi connectivity index (χ0v) is 17.1. The van der Waals surface area contributed by atoms with Crippen LogP contribution in [-0.2, 0) is 16.6 Å². The lowest BCUT2D eigenvalue weighted by molar-refractivity contribution is 0.181. The van der Waals surface area contributed by atoms with Gasteiger partial charge in [0.1, 0.15) is 10.0 Å². The molecule has 1 fully saturated rings. The number of sulfonamides is 1. The summed E-state index contributed by atoms with van der Waals surface area (Å²) in [7, 11) is -3.59. The van der Waals surface area contributed by atoms with Gasteiger partial charge in [0.25, 0.3) is 0 Å². The molecule has 2 heterocycles. The highest BCUT2D eigenvalue weighted by Gasteiger charge is 2.30. The number of aromatic nitrogens is 1. The second-order valence-corrected chi connectivity index (χ2v) is 9.36. The maximum atomic E-state index is 12.8. The van der Waals surface area contributed by atoms with Crippen molar-refractivity contribution >= 4 is 49.2 Å². The molecule has 134 valence electrons. The molecule has 1 aliphatic heterocycles. The van der Waals surface area contributed by atoms with E-state index in [0.717, 1.165) is 16.6 Å². The number of halogens is 3. The van der Waals surface area contributed by atoms with Crippen LogP contribution in [-0.4, -0.2) is 48.8 Å². The van der Waals surface area contributed by atoms with E-state index in [0.29, 0.717) is 31.3 Å². The minimum absolute atomic E-state index is 0.145. The fourth-order valence-corrected chi connectivity index (χ4v) is 5.38. The fourth-order valence-electron chi connectivity index (χ4n) is 2.75. The second-order valence-electron chi connectivity index (χ2n) is 5.74. The maximum Gasteiger partial charge on any atom is 0.244 e. The number of piperazine rings is 1. The second kappa shape index (κ2) is 7.90. The van der Waals surface area contributed by atoms with Crippen LogP contribution in [0.2, 0.25) is 10.2 Å². The van der Waals surface area contributed by atoms with E-state index in [1.807, 2.05) is 12.1 Å². The Morgan fingerprint density at radius 2 is 1.80 bits per heavy atom. The summed E-state index contributed by atoms with van der Waals surface area (Å²) in [6.07, 6.45) is 1.67. The van der Waals surface area contributed by atoms with Gasteiger partial charge in [-0.05, 0) is 35.9 Å². The Labute approximate surface area is 165 Å². The van der Waals surface area contributed by atoms with Gasteiger partial charge in [-0.15, -0.1) is 0 Å². The van der Waals surface area contributed by atoms with E-state index in [4.69, 9.17) is 23.2 Å². The third kappa shape index (κ3) is 4.53. The average molecular weight is 465 g/mol. The molecule has 0 atom stereocenters. The fraction of sp³-hybridized carbons (Fsp3) is 0.312. The van der Waals surface area contributed by atoms with Crippen LogP contribution in [0.15, 0.2) is 45.9 Å². The van der Waals surface area contributed by atoms with Gasteiger partial charge in [-0.25, -0.2) is 13.4 Å². The third-order valence-electron chi connectivity index (χ3n) is 4.04. The van der Waals surface area contributed by atoms with Gasteiger partial charge >= 0.3 is 0 Å². The molecule has 25 heavy (non-hydrogen) atoms. The minimum Gasteiger partial charge on any atom is -0.296 e. The van der Waals surface area contributed by atoms with Crippen molar-refractivity contribution in [3.63, 3.8) is 0 Å². The first-order chi connectivity index (χ1) is 11.9. The number of nitrogens with zero attached hydrogens (tertiary/aromatic N) is 3. The number of hydrogen-bond acceptors (Lipinski definition) is 4. The van der Waals surface area contributed by atoms with Crippen LogP contribution in [0.3, 0.4) is 0 Å². The average Bonchev–Trinajstić information content (AvgIpc) is 2.55. The maximum absolute atomic E-state index is 12.8. The van der Waals surface area contributed by atoms with E-state index in [9.17, 15) is 8.42 Å². The van der Waals surface area contributed by atoms with Crippen LogP contribution < -0.4 is 0 Å². The Morgan fingerprint density at radius 3 is 2.44 bits per heavy atom. The van der Waals surface area contributed by atoms with Gasteiger partial charge in [0.2, 0.25) is 10.0 Å². The van der Waals surface area contributed by atoms with Gasteiger partial charge in [-0.2, -0.15) is 4.31 Å². The van der Waals surface area contributed by atoms with Gasteiger partial charge in [0, 0.05) is 43.4 Å². The monoisotopic (exact) mass is 463 g/mol. The van der Waals surface area contributed by atoms with Crippen LogP contribution in [0.1, 0.15) is 5.56 Å². The molecular weight excluding hydrogens is 449 g/mol. The van der Waals surface area contributed by atoms with Crippen LogP contribution >= 0.6 is 39.1 Å². The highest BCUT2D eigenvalue weighted by molar-refractivity contribution is 9.10. The van der Waals surface area contributed by atoms with Crippen molar-refractivity contribution in [3.05, 3.63) is 56.7 Å². The topological polar surface area (TPSA) is 53.5 Å². The summed E-state index contributed by atoms with van der Waals surface area (Å²) >= 11 is 15.3. The number of benzene rings is 1. The van der Waals surface area contributed by atoms with Crippen LogP contribution in [0, 0.1) is 0 Å². The quantitative estimate of drug-likeness (QED) is 0.648. The molecule has 0 bridgehead atoms. The van der Waals surface area contributed by atoms with Crippen molar-refractivity contribution in [3.8, 4) is 0 Å². The molecule has 0 unspecified atom stereocenters. The number of hydrogen-bond donors (Lipinski definition) is 0. The van der Waals surface area contributed by atoms with Crippen molar-refractivity contribution in [1.82, 2.24) is 14.2 Å². The largest absolute Gasteiger partial charge is 0.296 e. The Kier molecular flexibility index (Phi) is 6.03. The summed E-state index contributed by atoms with van der Waals surface area (Å²) in [4.78, 5) is 6.31. The lowest BCUT2D eigenvalue weighted by Gasteiger charge is -2.34. The first-order valence-corrected chi connectivity index (χ1v) is 10.6. The predicted octanol–water partition coefficient (Wildman–Crippen LogP) is 3.66. The molecule has 0 spiro atoms. The summed E-state index contributed by atoms with van der Waals surface area (Å²) < 4.78 is 27.9. The highest BCUT2D eigenvalue weighted by Crippen LogP contribution is 2.28. The van der Waals surface area contributed by atoms with Crippen LogP contribution in [0.5, 0.6) is 0 Å². The van der Waals surface area contributed by atoms with E-state index in [2.05, 4.69) is 25.8 Å². The van der Waals surface area contributed by atoms with Crippen molar-refractivity contribution in [2.45, 2.75) is 11.4 Å². The van der Waals surface area contributed by atoms with Gasteiger partial charge < -0.3 is 0 Å². The van der Waals surface area contributed by atoms with Crippen molar-refractivity contribution in [2.24, 2.45) is 0 Å². The molecule has 2 aromatic rings. The smallest absolute Gasteiger partial charge is 0.244 e. The van der Waals surface area contributed by atoms with Crippen molar-refractivity contribution in [1.29, 1.82) is 0 Å². The molecule has 5 nitrogen and oxygen atoms in total. The molecule has 0 N–H and O–H groups in total. The molecule has 0 aliphatic carbocycles. The molecule has 1 aromatic heterocycles. The van der Waals surface area contributed by atoms with Gasteiger partial charge in [0.05, 0.1) is 5.02 Å². The zero-order chi connectivity index (χ0) is 18.0. The summed E-state index contributed by atoms with van der Waals surface area (Å²) in [6.45, 7) is 2.86. The highest BCUT2D eigenvalue weighted by atomic mass is 79.9. The summed E-state index contributed by atoms with van der Waals surface area (Å²) in [5.74, 6) is 0.